The molecule has 2 atom stereocenters. The van der Waals surface area contributed by atoms with Gasteiger partial charge in [0.1, 0.15) is 0 Å². The van der Waals surface area contributed by atoms with Crippen LogP contribution in [0.25, 0.3) is 0 Å². The average molecular weight is 421 g/mol. The number of nitrogens with one attached hydrogen (secondary N) is 2. The molecule has 0 aliphatic carbocycles. The summed E-state index contributed by atoms with van der Waals surface area (Å²) in [5, 5.41) is 7.59. The fraction of sp³-hybridized carbons (Fsp3) is 0.200. The van der Waals surface area contributed by atoms with Gasteiger partial charge >= 0.3 is 0 Å². The van der Waals surface area contributed by atoms with E-state index in [1.54, 1.807) is 0 Å². The van der Waals surface area contributed by atoms with Crippen LogP contribution in [0.1, 0.15) is 34.3 Å². The van der Waals surface area contributed by atoms with Crippen molar-refractivity contribution < 1.29 is 0 Å². The summed E-state index contributed by atoms with van der Waals surface area (Å²) < 4.78 is 0. The summed E-state index contributed by atoms with van der Waals surface area (Å²) in [6.45, 7) is 1.81. The van der Waals surface area contributed by atoms with E-state index in [9.17, 15) is 0 Å². The van der Waals surface area contributed by atoms with E-state index in [0.29, 0.717) is 12.1 Å². The predicted molar refractivity (Wildman–Crippen MR) is 135 cm³/mol. The molecule has 0 unspecified atom stereocenters. The van der Waals surface area contributed by atoms with Crippen molar-refractivity contribution in [3.63, 3.8) is 0 Å². The van der Waals surface area contributed by atoms with Crippen molar-refractivity contribution in [2.75, 3.05) is 13.1 Å². The second-order valence-electron chi connectivity index (χ2n) is 8.21. The molecule has 4 rings (SSSR count). The smallest absolute Gasteiger partial charge is 0.0361 e. The molecule has 4 aromatic carbocycles. The van der Waals surface area contributed by atoms with Crippen molar-refractivity contribution in [2.45, 2.75) is 24.9 Å². The van der Waals surface area contributed by atoms with Gasteiger partial charge in [-0.25, -0.2) is 0 Å². The molecule has 0 saturated heterocycles. The van der Waals surface area contributed by atoms with E-state index in [2.05, 4.69) is 132 Å². The third-order valence-electron chi connectivity index (χ3n) is 5.88. The molecule has 0 bridgehead atoms. The standard InChI is InChI=1S/C30H32N2/c1-5-13-25(14-6-1)23-29(27-17-9-3-10-18-27)31-21-22-32-30(28-19-11-4-12-20-28)24-26-15-7-2-8-16-26/h1-20,29-32H,21-24H2/t29-,30-/m1/s1. The van der Waals surface area contributed by atoms with E-state index in [0.717, 1.165) is 25.9 Å². The first-order valence-corrected chi connectivity index (χ1v) is 11.5. The van der Waals surface area contributed by atoms with Gasteiger partial charge in [-0.2, -0.15) is 0 Å². The average Bonchev–Trinajstić information content (AvgIpc) is 2.87. The Labute approximate surface area is 192 Å². The number of hydrogen-bond donors (Lipinski definition) is 2. The molecule has 4 aromatic rings. The Kier molecular flexibility index (Phi) is 8.25. The van der Waals surface area contributed by atoms with Crippen LogP contribution < -0.4 is 10.6 Å². The first-order chi connectivity index (χ1) is 15.9. The lowest BCUT2D eigenvalue weighted by Gasteiger charge is -2.23. The summed E-state index contributed by atoms with van der Waals surface area (Å²) in [7, 11) is 0. The van der Waals surface area contributed by atoms with Gasteiger partial charge in [0.05, 0.1) is 0 Å². The van der Waals surface area contributed by atoms with Gasteiger partial charge in [-0.05, 0) is 35.1 Å². The van der Waals surface area contributed by atoms with Gasteiger partial charge in [0.2, 0.25) is 0 Å². The lowest BCUT2D eigenvalue weighted by molar-refractivity contribution is 0.476. The maximum absolute atomic E-state index is 3.79. The van der Waals surface area contributed by atoms with Crippen LogP contribution >= 0.6 is 0 Å². The minimum atomic E-state index is 0.296. The molecule has 0 amide bonds. The van der Waals surface area contributed by atoms with Crippen LogP contribution in [-0.4, -0.2) is 13.1 Å². The zero-order valence-electron chi connectivity index (χ0n) is 18.5. The van der Waals surface area contributed by atoms with Crippen molar-refractivity contribution in [2.24, 2.45) is 0 Å². The van der Waals surface area contributed by atoms with Crippen molar-refractivity contribution in [1.29, 1.82) is 0 Å². The monoisotopic (exact) mass is 420 g/mol. The van der Waals surface area contributed by atoms with Gasteiger partial charge in [-0.1, -0.05) is 121 Å². The van der Waals surface area contributed by atoms with Gasteiger partial charge in [0.15, 0.2) is 0 Å². The van der Waals surface area contributed by atoms with Crippen LogP contribution in [0.4, 0.5) is 0 Å². The fourth-order valence-electron chi connectivity index (χ4n) is 4.18. The molecule has 32 heavy (non-hydrogen) atoms. The second-order valence-corrected chi connectivity index (χ2v) is 8.21. The summed E-state index contributed by atoms with van der Waals surface area (Å²) in [6.07, 6.45) is 1.97. The molecule has 0 fully saturated rings. The van der Waals surface area contributed by atoms with Crippen LogP contribution in [0, 0.1) is 0 Å². The second kappa shape index (κ2) is 12.0. The molecule has 0 aliphatic heterocycles. The maximum Gasteiger partial charge on any atom is 0.0361 e. The third kappa shape index (κ3) is 6.65. The molecule has 0 aliphatic rings. The molecule has 2 nitrogen and oxygen atoms in total. The summed E-state index contributed by atoms with van der Waals surface area (Å²) in [5.41, 5.74) is 5.38. The van der Waals surface area contributed by atoms with Crippen LogP contribution in [0.5, 0.6) is 0 Å². The van der Waals surface area contributed by atoms with E-state index in [1.165, 1.54) is 22.3 Å². The van der Waals surface area contributed by atoms with Crippen molar-refractivity contribution in [3.05, 3.63) is 144 Å². The lowest BCUT2D eigenvalue weighted by Crippen LogP contribution is -2.34. The largest absolute Gasteiger partial charge is 0.308 e. The van der Waals surface area contributed by atoms with E-state index >= 15 is 0 Å². The van der Waals surface area contributed by atoms with Crippen molar-refractivity contribution in [1.82, 2.24) is 10.6 Å². The molecule has 0 spiro atoms. The van der Waals surface area contributed by atoms with E-state index in [-0.39, 0.29) is 0 Å². The van der Waals surface area contributed by atoms with E-state index in [1.807, 2.05) is 0 Å². The highest BCUT2D eigenvalue weighted by molar-refractivity contribution is 5.25. The fourth-order valence-corrected chi connectivity index (χ4v) is 4.18. The van der Waals surface area contributed by atoms with E-state index in [4.69, 9.17) is 0 Å². The summed E-state index contributed by atoms with van der Waals surface area (Å²) in [4.78, 5) is 0. The minimum Gasteiger partial charge on any atom is -0.308 e. The zero-order valence-corrected chi connectivity index (χ0v) is 18.5. The van der Waals surface area contributed by atoms with Crippen LogP contribution in [0.3, 0.4) is 0 Å². The van der Waals surface area contributed by atoms with Gasteiger partial charge in [0, 0.05) is 25.2 Å². The Balaban J connectivity index is 1.38. The quantitative estimate of drug-likeness (QED) is 0.285. The van der Waals surface area contributed by atoms with Crippen molar-refractivity contribution >= 4 is 0 Å². The molecule has 2 heteroatoms. The summed E-state index contributed by atoms with van der Waals surface area (Å²) in [5.74, 6) is 0. The van der Waals surface area contributed by atoms with Gasteiger partial charge in [-0.15, -0.1) is 0 Å². The first kappa shape index (κ1) is 22.0. The number of benzene rings is 4. The summed E-state index contributed by atoms with van der Waals surface area (Å²) >= 11 is 0. The van der Waals surface area contributed by atoms with Crippen LogP contribution in [-0.2, 0) is 12.8 Å². The van der Waals surface area contributed by atoms with Crippen molar-refractivity contribution in [3.8, 4) is 0 Å². The highest BCUT2D eigenvalue weighted by Crippen LogP contribution is 2.20. The molecule has 162 valence electrons. The highest BCUT2D eigenvalue weighted by Gasteiger charge is 2.14. The molecular formula is C30H32N2. The van der Waals surface area contributed by atoms with Gasteiger partial charge in [0.25, 0.3) is 0 Å². The SMILES string of the molecule is c1ccc(C[C@@H](NCCN[C@H](Cc2ccccc2)c2ccccc2)c2ccccc2)cc1. The summed E-state index contributed by atoms with van der Waals surface area (Å²) in [6, 6.07) is 43.6. The molecular weight excluding hydrogens is 388 g/mol. The Hall–Kier alpha value is -3.20. The molecule has 0 saturated carbocycles. The Morgan fingerprint density at radius 1 is 0.406 bits per heavy atom. The highest BCUT2D eigenvalue weighted by atomic mass is 15.0. The number of rotatable bonds is 11. The topological polar surface area (TPSA) is 24.1 Å². The Morgan fingerprint density at radius 3 is 1.06 bits per heavy atom. The Morgan fingerprint density at radius 2 is 0.719 bits per heavy atom. The molecule has 0 aromatic heterocycles. The third-order valence-corrected chi connectivity index (χ3v) is 5.88. The zero-order chi connectivity index (χ0) is 21.8. The van der Waals surface area contributed by atoms with E-state index < -0.39 is 0 Å². The van der Waals surface area contributed by atoms with Crippen LogP contribution in [0.15, 0.2) is 121 Å². The molecule has 0 heterocycles. The Bertz CT molecular complexity index is 930. The molecule has 2 N–H and O–H groups in total. The van der Waals surface area contributed by atoms with Crippen LogP contribution in [0.2, 0.25) is 0 Å². The van der Waals surface area contributed by atoms with Gasteiger partial charge < -0.3 is 10.6 Å². The maximum atomic E-state index is 3.79. The number of hydrogen-bond acceptors (Lipinski definition) is 2. The minimum absolute atomic E-state index is 0.296. The molecule has 0 radical (unpaired) electrons. The first-order valence-electron chi connectivity index (χ1n) is 11.5. The lowest BCUT2D eigenvalue weighted by atomic mass is 9.98. The normalized spacial score (nSPS) is 12.9. The van der Waals surface area contributed by atoms with Gasteiger partial charge in [-0.3, -0.25) is 0 Å². The predicted octanol–water partition coefficient (Wildman–Crippen LogP) is 6.13.